The van der Waals surface area contributed by atoms with Crippen LogP contribution in [0.25, 0.3) is 16.9 Å². The lowest BCUT2D eigenvalue weighted by Crippen LogP contribution is -2.24. The summed E-state index contributed by atoms with van der Waals surface area (Å²) in [5, 5.41) is 10.5. The van der Waals surface area contributed by atoms with Gasteiger partial charge >= 0.3 is 0 Å². The molecule has 0 amide bonds. The van der Waals surface area contributed by atoms with Crippen molar-refractivity contribution in [1.82, 2.24) is 24.3 Å². The van der Waals surface area contributed by atoms with Crippen molar-refractivity contribution in [2.24, 2.45) is 0 Å². The molecular formula is C18H21N5O3S. The van der Waals surface area contributed by atoms with Gasteiger partial charge < -0.3 is 5.11 Å². The second kappa shape index (κ2) is 7.16. The molecule has 0 spiro atoms. The van der Waals surface area contributed by atoms with Gasteiger partial charge in [0.15, 0.2) is 11.5 Å². The van der Waals surface area contributed by atoms with Crippen LogP contribution in [0.4, 0.5) is 0 Å². The predicted molar refractivity (Wildman–Crippen MR) is 103 cm³/mol. The molecule has 0 radical (unpaired) electrons. The number of aromatic nitrogens is 5. The van der Waals surface area contributed by atoms with Crippen LogP contribution in [0, 0.1) is 0 Å². The highest BCUT2D eigenvalue weighted by molar-refractivity contribution is 7.84. The van der Waals surface area contributed by atoms with E-state index in [0.29, 0.717) is 29.0 Å². The van der Waals surface area contributed by atoms with Crippen LogP contribution < -0.4 is 5.56 Å². The number of allylic oxidation sites excluding steroid dienone is 1. The number of nitrogens with zero attached hydrogens (tertiary/aromatic N) is 5. The van der Waals surface area contributed by atoms with E-state index in [1.54, 1.807) is 36.7 Å². The Hall–Kier alpha value is -2.65. The molecule has 3 aromatic rings. The summed E-state index contributed by atoms with van der Waals surface area (Å²) in [6.45, 7) is 7.36. The van der Waals surface area contributed by atoms with Crippen LogP contribution in [0.2, 0.25) is 0 Å². The topological polar surface area (TPSA) is 103 Å². The Kier molecular flexibility index (Phi) is 5.07. The first-order valence-electron chi connectivity index (χ1n) is 8.33. The van der Waals surface area contributed by atoms with Crippen molar-refractivity contribution >= 4 is 21.8 Å². The highest BCUT2D eigenvalue weighted by Crippen LogP contribution is 2.17. The number of hydrogen-bond donors (Lipinski definition) is 1. The Morgan fingerprint density at radius 2 is 2.07 bits per heavy atom. The molecule has 0 aliphatic rings. The molecule has 0 aliphatic heterocycles. The summed E-state index contributed by atoms with van der Waals surface area (Å²) in [7, 11) is -1.39. The molecule has 1 N–H and O–H groups in total. The molecule has 8 nitrogen and oxygen atoms in total. The van der Waals surface area contributed by atoms with E-state index in [1.807, 2.05) is 6.07 Å². The van der Waals surface area contributed by atoms with Crippen molar-refractivity contribution in [3.05, 3.63) is 53.1 Å². The predicted octanol–water partition coefficient (Wildman–Crippen LogP) is 1.21. The van der Waals surface area contributed by atoms with Crippen molar-refractivity contribution in [2.75, 3.05) is 6.26 Å². The zero-order chi connectivity index (χ0) is 19.8. The smallest absolute Gasteiger partial charge is 0.278 e. The van der Waals surface area contributed by atoms with Gasteiger partial charge in [0.05, 0.1) is 22.9 Å². The summed E-state index contributed by atoms with van der Waals surface area (Å²) >= 11 is 0. The molecule has 9 heteroatoms. The zero-order valence-electron chi connectivity index (χ0n) is 15.4. The maximum atomic E-state index is 12.8. The van der Waals surface area contributed by atoms with Crippen molar-refractivity contribution in [3.8, 4) is 5.82 Å². The van der Waals surface area contributed by atoms with Crippen LogP contribution in [-0.4, -0.2) is 45.5 Å². The molecule has 0 fully saturated rings. The van der Waals surface area contributed by atoms with Gasteiger partial charge in [-0.05, 0) is 26.0 Å². The lowest BCUT2D eigenvalue weighted by Gasteiger charge is -2.17. The molecule has 0 saturated heterocycles. The van der Waals surface area contributed by atoms with Crippen LogP contribution in [-0.2, 0) is 23.8 Å². The van der Waals surface area contributed by atoms with Gasteiger partial charge in [-0.15, -0.1) is 6.58 Å². The summed E-state index contributed by atoms with van der Waals surface area (Å²) in [6, 6.07) is 5.36. The Balaban J connectivity index is 2.29. The number of rotatable bonds is 6. The van der Waals surface area contributed by atoms with E-state index in [0.717, 1.165) is 0 Å². The molecule has 3 heterocycles. The van der Waals surface area contributed by atoms with Crippen molar-refractivity contribution in [2.45, 2.75) is 37.6 Å². The van der Waals surface area contributed by atoms with Gasteiger partial charge in [-0.25, -0.2) is 24.3 Å². The van der Waals surface area contributed by atoms with Crippen molar-refractivity contribution < 1.29 is 9.32 Å². The third-order valence-electron chi connectivity index (χ3n) is 3.84. The molecule has 3 rings (SSSR count). The van der Waals surface area contributed by atoms with Gasteiger partial charge in [-0.1, -0.05) is 12.1 Å². The number of hydrogen-bond acceptors (Lipinski definition) is 6. The Bertz CT molecular complexity index is 1090. The molecule has 0 aliphatic carbocycles. The number of fused-ring (bicyclic) bond motifs is 1. The van der Waals surface area contributed by atoms with Gasteiger partial charge in [0.2, 0.25) is 5.16 Å². The largest absolute Gasteiger partial charge is 0.390 e. The van der Waals surface area contributed by atoms with E-state index in [2.05, 4.69) is 21.5 Å². The van der Waals surface area contributed by atoms with Crippen LogP contribution in [0.5, 0.6) is 0 Å². The highest BCUT2D eigenvalue weighted by atomic mass is 32.2. The standard InChI is InChI=1S/C18H21N5O3S/c1-5-9-22-16(24)13-11-19-17(27(4)26)21-15(13)23(22)14-8-6-7-12(20-14)10-18(2,3)25/h5-8,11,25H,1,9-10H2,2-4H3. The first-order valence-corrected chi connectivity index (χ1v) is 9.88. The van der Waals surface area contributed by atoms with Gasteiger partial charge in [0.25, 0.3) is 5.56 Å². The fraction of sp³-hybridized carbons (Fsp3) is 0.333. The third kappa shape index (κ3) is 3.88. The molecule has 0 aromatic carbocycles. The highest BCUT2D eigenvalue weighted by Gasteiger charge is 2.20. The quantitative estimate of drug-likeness (QED) is 0.504. The van der Waals surface area contributed by atoms with Crippen molar-refractivity contribution in [3.63, 3.8) is 0 Å². The summed E-state index contributed by atoms with van der Waals surface area (Å²) in [4.78, 5) is 25.7. The molecule has 142 valence electrons. The third-order valence-corrected chi connectivity index (χ3v) is 4.55. The summed E-state index contributed by atoms with van der Waals surface area (Å²) in [5.74, 6) is 0.470. The lowest BCUT2D eigenvalue weighted by molar-refractivity contribution is 0.0799. The fourth-order valence-electron chi connectivity index (χ4n) is 2.80. The van der Waals surface area contributed by atoms with E-state index < -0.39 is 16.4 Å². The molecule has 0 saturated carbocycles. The first-order chi connectivity index (χ1) is 12.7. The van der Waals surface area contributed by atoms with E-state index in [9.17, 15) is 14.1 Å². The minimum atomic E-state index is -1.39. The van der Waals surface area contributed by atoms with Crippen LogP contribution >= 0.6 is 0 Å². The normalized spacial score (nSPS) is 13.0. The first kappa shape index (κ1) is 19.1. The number of pyridine rings is 1. The molecule has 27 heavy (non-hydrogen) atoms. The Labute approximate surface area is 158 Å². The molecular weight excluding hydrogens is 366 g/mol. The molecule has 3 aromatic heterocycles. The Morgan fingerprint density at radius 1 is 1.33 bits per heavy atom. The van der Waals surface area contributed by atoms with E-state index >= 15 is 0 Å². The van der Waals surface area contributed by atoms with Gasteiger partial charge in [-0.3, -0.25) is 9.00 Å². The van der Waals surface area contributed by atoms with Crippen LogP contribution in [0.1, 0.15) is 19.5 Å². The fourth-order valence-corrected chi connectivity index (χ4v) is 3.21. The maximum Gasteiger partial charge on any atom is 0.278 e. The lowest BCUT2D eigenvalue weighted by atomic mass is 10.0. The van der Waals surface area contributed by atoms with Crippen molar-refractivity contribution in [1.29, 1.82) is 0 Å². The van der Waals surface area contributed by atoms with E-state index in [1.165, 1.54) is 17.1 Å². The molecule has 1 unspecified atom stereocenters. The minimum Gasteiger partial charge on any atom is -0.390 e. The average Bonchev–Trinajstić information content (AvgIpc) is 2.86. The van der Waals surface area contributed by atoms with Crippen LogP contribution in [0.3, 0.4) is 0 Å². The average molecular weight is 387 g/mol. The Morgan fingerprint density at radius 3 is 2.70 bits per heavy atom. The van der Waals surface area contributed by atoms with Crippen LogP contribution in [0.15, 0.2) is 47.0 Å². The van der Waals surface area contributed by atoms with E-state index in [-0.39, 0.29) is 17.3 Å². The molecule has 0 bridgehead atoms. The summed E-state index contributed by atoms with van der Waals surface area (Å²) in [5.41, 5.74) is -0.199. The number of aliphatic hydroxyl groups is 1. The summed E-state index contributed by atoms with van der Waals surface area (Å²) in [6.07, 6.45) is 4.82. The second-order valence-electron chi connectivity index (χ2n) is 6.81. The summed E-state index contributed by atoms with van der Waals surface area (Å²) < 4.78 is 14.8. The minimum absolute atomic E-state index is 0.139. The second-order valence-corrected chi connectivity index (χ2v) is 8.08. The maximum absolute atomic E-state index is 12.8. The van der Waals surface area contributed by atoms with E-state index in [4.69, 9.17) is 0 Å². The monoisotopic (exact) mass is 387 g/mol. The molecule has 1 atom stereocenters. The van der Waals surface area contributed by atoms with Gasteiger partial charge in [0, 0.05) is 24.6 Å². The SMILES string of the molecule is C=CCn1c(=O)c2cnc(S(C)=O)nc2n1-c1cccc(CC(C)(C)O)n1. The zero-order valence-corrected chi connectivity index (χ0v) is 16.2. The van der Waals surface area contributed by atoms with Gasteiger partial charge in [-0.2, -0.15) is 0 Å². The van der Waals surface area contributed by atoms with Gasteiger partial charge in [0.1, 0.15) is 5.39 Å².